The van der Waals surface area contributed by atoms with Gasteiger partial charge in [0.2, 0.25) is 0 Å². The Morgan fingerprint density at radius 3 is 2.24 bits per heavy atom. The quantitative estimate of drug-likeness (QED) is 0.267. The highest BCUT2D eigenvalue weighted by Crippen LogP contribution is 2.40. The van der Waals surface area contributed by atoms with Gasteiger partial charge in [-0.1, -0.05) is 60.3 Å². The molecule has 0 saturated carbocycles. The van der Waals surface area contributed by atoms with Crippen LogP contribution in [0.25, 0.3) is 0 Å². The second-order valence-electron chi connectivity index (χ2n) is 9.03. The summed E-state index contributed by atoms with van der Waals surface area (Å²) in [5.41, 5.74) is 3.90. The topological polar surface area (TPSA) is 118 Å². The van der Waals surface area contributed by atoms with Gasteiger partial charge in [0, 0.05) is 17.7 Å². The van der Waals surface area contributed by atoms with Crippen LogP contribution >= 0.6 is 11.8 Å². The Hall–Kier alpha value is -3.83. The molecule has 1 aromatic heterocycles. The molecule has 2 amide bonds. The molecule has 4 aromatic rings. The molecule has 6 rings (SSSR count). The number of anilines is 1. The molecule has 0 bridgehead atoms. The molecule has 2 aliphatic rings. The van der Waals surface area contributed by atoms with Gasteiger partial charge in [-0.2, -0.15) is 5.10 Å². The van der Waals surface area contributed by atoms with Gasteiger partial charge in [0.1, 0.15) is 6.33 Å². The number of thioether (sulfide) groups is 1. The first kappa shape index (κ1) is 24.5. The van der Waals surface area contributed by atoms with E-state index in [9.17, 15) is 14.7 Å². The van der Waals surface area contributed by atoms with Crippen molar-refractivity contribution in [3.05, 3.63) is 107 Å². The largest absolute Gasteiger partial charge is 0.392 e. The summed E-state index contributed by atoms with van der Waals surface area (Å²) >= 11 is 1.52. The molecule has 3 aromatic carbocycles. The van der Waals surface area contributed by atoms with Gasteiger partial charge in [-0.15, -0.1) is 0 Å². The number of aromatic nitrogens is 3. The molecule has 10 heteroatoms. The van der Waals surface area contributed by atoms with Crippen molar-refractivity contribution in [2.75, 3.05) is 10.7 Å². The zero-order chi connectivity index (χ0) is 26.1. The number of imide groups is 1. The van der Waals surface area contributed by atoms with Crippen molar-refractivity contribution in [2.45, 2.75) is 36.7 Å². The van der Waals surface area contributed by atoms with Crippen LogP contribution in [0.15, 0.2) is 84.3 Å². The fourth-order valence-corrected chi connectivity index (χ4v) is 5.46. The monoisotopic (exact) mass is 528 g/mol. The number of hydrogen-bond acceptors (Lipinski definition) is 8. The smallest absolute Gasteiger partial charge is 0.266 e. The van der Waals surface area contributed by atoms with E-state index in [1.807, 2.05) is 36.4 Å². The third kappa shape index (κ3) is 4.74. The number of benzene rings is 3. The second-order valence-corrected chi connectivity index (χ2v) is 10.0. The van der Waals surface area contributed by atoms with Crippen molar-refractivity contribution in [3.63, 3.8) is 0 Å². The third-order valence-electron chi connectivity index (χ3n) is 6.63. The van der Waals surface area contributed by atoms with Gasteiger partial charge in [0.05, 0.1) is 35.6 Å². The fraction of sp³-hybridized carbons (Fsp3) is 0.214. The first-order valence-electron chi connectivity index (χ1n) is 12.2. The van der Waals surface area contributed by atoms with Crippen molar-refractivity contribution >= 4 is 29.3 Å². The SMILES string of the molecule is O=C1c2ccccc2C(=O)N1c1ccc([C@@H]2O[C@H](CSc3ncn[nH]3)C[C@H](c3ccc(CO)cc3)O2)cc1. The van der Waals surface area contributed by atoms with E-state index in [-0.39, 0.29) is 30.6 Å². The summed E-state index contributed by atoms with van der Waals surface area (Å²) in [6, 6.07) is 21.6. The lowest BCUT2D eigenvalue weighted by atomic mass is 10.0. The minimum absolute atomic E-state index is 0.0204. The molecule has 0 unspecified atom stereocenters. The van der Waals surface area contributed by atoms with Crippen molar-refractivity contribution < 1.29 is 24.2 Å². The number of nitrogens with zero attached hydrogens (tertiary/aromatic N) is 3. The van der Waals surface area contributed by atoms with Crippen LogP contribution in [-0.2, 0) is 16.1 Å². The third-order valence-corrected chi connectivity index (χ3v) is 7.64. The highest BCUT2D eigenvalue weighted by atomic mass is 32.2. The molecule has 3 heterocycles. The van der Waals surface area contributed by atoms with Crippen LogP contribution in [0, 0.1) is 0 Å². The van der Waals surface area contributed by atoms with Crippen LogP contribution < -0.4 is 4.90 Å². The van der Waals surface area contributed by atoms with Crippen LogP contribution in [0.5, 0.6) is 0 Å². The molecule has 1 fully saturated rings. The Labute approximate surface area is 222 Å². The van der Waals surface area contributed by atoms with Gasteiger partial charge < -0.3 is 14.6 Å². The predicted octanol–water partition coefficient (Wildman–Crippen LogP) is 4.44. The maximum atomic E-state index is 12.9. The standard InChI is InChI=1S/C28H24N4O5S/c33-14-17-5-7-18(8-6-17)24-13-21(15-38-28-29-16-30-31-28)36-27(37-24)19-9-11-20(12-10-19)32-25(34)22-3-1-2-4-23(22)26(32)35/h1-12,16,21,24,27,33H,13-15H2,(H,29,30,31)/t21-,24+,27+/m0/s1. The number of hydrogen-bond donors (Lipinski definition) is 2. The van der Waals surface area contributed by atoms with E-state index in [2.05, 4.69) is 15.2 Å². The van der Waals surface area contributed by atoms with Gasteiger partial charge in [0.15, 0.2) is 11.4 Å². The predicted molar refractivity (Wildman–Crippen MR) is 140 cm³/mol. The van der Waals surface area contributed by atoms with Gasteiger partial charge in [-0.05, 0) is 35.4 Å². The molecular formula is C28H24N4O5S. The highest BCUT2D eigenvalue weighted by Gasteiger charge is 2.37. The number of aromatic amines is 1. The molecule has 0 radical (unpaired) electrons. The lowest BCUT2D eigenvalue weighted by Crippen LogP contribution is -2.31. The van der Waals surface area contributed by atoms with Crippen molar-refractivity contribution in [2.24, 2.45) is 0 Å². The molecule has 2 aliphatic heterocycles. The van der Waals surface area contributed by atoms with Crippen LogP contribution in [0.2, 0.25) is 0 Å². The number of H-pyrrole nitrogens is 1. The van der Waals surface area contributed by atoms with Crippen LogP contribution in [0.1, 0.15) is 56.2 Å². The number of carbonyl (C=O) groups is 2. The minimum Gasteiger partial charge on any atom is -0.392 e. The molecule has 3 atom stereocenters. The molecule has 2 N–H and O–H groups in total. The van der Waals surface area contributed by atoms with Gasteiger partial charge in [-0.25, -0.2) is 9.88 Å². The number of amides is 2. The van der Waals surface area contributed by atoms with Crippen LogP contribution in [0.3, 0.4) is 0 Å². The highest BCUT2D eigenvalue weighted by molar-refractivity contribution is 7.99. The normalized spacial score (nSPS) is 21.1. The summed E-state index contributed by atoms with van der Waals surface area (Å²) in [5, 5.41) is 16.9. The number of fused-ring (bicyclic) bond motifs is 1. The molecule has 1 saturated heterocycles. The second kappa shape index (κ2) is 10.5. The lowest BCUT2D eigenvalue weighted by Gasteiger charge is -2.36. The maximum absolute atomic E-state index is 12.9. The summed E-state index contributed by atoms with van der Waals surface area (Å²) in [4.78, 5) is 31.1. The molecule has 0 spiro atoms. The number of carbonyl (C=O) groups excluding carboxylic acids is 2. The summed E-state index contributed by atoms with van der Waals surface area (Å²) in [5.74, 6) is -0.0215. The minimum atomic E-state index is -0.650. The number of ether oxygens (including phenoxy) is 2. The molecule has 0 aliphatic carbocycles. The molecule has 9 nitrogen and oxygen atoms in total. The van der Waals surface area contributed by atoms with E-state index in [0.717, 1.165) is 16.7 Å². The van der Waals surface area contributed by atoms with E-state index < -0.39 is 6.29 Å². The van der Waals surface area contributed by atoms with Crippen LogP contribution in [-0.4, -0.2) is 44.0 Å². The Bertz CT molecular complexity index is 1410. The van der Waals surface area contributed by atoms with E-state index >= 15 is 0 Å². The average molecular weight is 529 g/mol. The average Bonchev–Trinajstić information content (AvgIpc) is 3.58. The summed E-state index contributed by atoms with van der Waals surface area (Å²) in [6.07, 6.45) is 1.10. The summed E-state index contributed by atoms with van der Waals surface area (Å²) < 4.78 is 12.7. The number of aliphatic hydroxyl groups is 1. The van der Waals surface area contributed by atoms with Gasteiger partial charge >= 0.3 is 0 Å². The Morgan fingerprint density at radius 2 is 1.61 bits per heavy atom. The first-order valence-corrected chi connectivity index (χ1v) is 13.2. The number of aliphatic hydroxyl groups excluding tert-OH is 1. The molecule has 38 heavy (non-hydrogen) atoms. The van der Waals surface area contributed by atoms with Crippen LogP contribution in [0.4, 0.5) is 5.69 Å². The lowest BCUT2D eigenvalue weighted by molar-refractivity contribution is -0.245. The fourth-order valence-electron chi connectivity index (χ4n) is 4.66. The van der Waals surface area contributed by atoms with E-state index in [1.165, 1.54) is 23.0 Å². The number of nitrogens with one attached hydrogen (secondary N) is 1. The number of rotatable bonds is 7. The first-order chi connectivity index (χ1) is 18.6. The van der Waals surface area contributed by atoms with Crippen molar-refractivity contribution in [3.8, 4) is 0 Å². The Balaban J connectivity index is 1.23. The van der Waals surface area contributed by atoms with Gasteiger partial charge in [-0.3, -0.25) is 14.7 Å². The zero-order valence-electron chi connectivity index (χ0n) is 20.2. The van der Waals surface area contributed by atoms with Gasteiger partial charge in [0.25, 0.3) is 11.8 Å². The van der Waals surface area contributed by atoms with E-state index in [0.29, 0.717) is 34.1 Å². The molecular weight excluding hydrogens is 504 g/mol. The molecule has 192 valence electrons. The van der Waals surface area contributed by atoms with E-state index in [4.69, 9.17) is 9.47 Å². The Kier molecular flexibility index (Phi) is 6.77. The zero-order valence-corrected chi connectivity index (χ0v) is 21.0. The van der Waals surface area contributed by atoms with Crippen molar-refractivity contribution in [1.29, 1.82) is 0 Å². The maximum Gasteiger partial charge on any atom is 0.266 e. The summed E-state index contributed by atoms with van der Waals surface area (Å²) in [6.45, 7) is -0.0204. The Morgan fingerprint density at radius 1 is 0.921 bits per heavy atom. The summed E-state index contributed by atoms with van der Waals surface area (Å²) in [7, 11) is 0. The van der Waals surface area contributed by atoms with Crippen molar-refractivity contribution in [1.82, 2.24) is 15.2 Å². The van der Waals surface area contributed by atoms with E-state index in [1.54, 1.807) is 36.4 Å².